The molecule has 206 valence electrons. The number of hydrogen-bond donors (Lipinski definition) is 0. The Balaban J connectivity index is 1.97. The van der Waals surface area contributed by atoms with Crippen LogP contribution in [0.3, 0.4) is 0 Å². The molecule has 0 aliphatic heterocycles. The van der Waals surface area contributed by atoms with Crippen LogP contribution in [0.4, 0.5) is 52.7 Å². The van der Waals surface area contributed by atoms with E-state index < -0.39 is 116 Å². The lowest BCUT2D eigenvalue weighted by molar-refractivity contribution is 0.414. The van der Waals surface area contributed by atoms with Crippen LogP contribution in [0, 0.1) is 69.8 Å². The highest BCUT2D eigenvalue weighted by molar-refractivity contribution is 7.73. The topological polar surface area (TPSA) is 0 Å². The van der Waals surface area contributed by atoms with Gasteiger partial charge in [0, 0.05) is 0 Å². The molecule has 0 bridgehead atoms. The van der Waals surface area contributed by atoms with E-state index >= 15 is 22.0 Å². The first kappa shape index (κ1) is 27.6. The highest BCUT2D eigenvalue weighted by Gasteiger charge is 2.40. The van der Waals surface area contributed by atoms with E-state index in [1.165, 1.54) is 0 Å². The zero-order chi connectivity index (χ0) is 28.5. The molecular weight excluding hydrogens is 571 g/mol. The third-order valence-electron chi connectivity index (χ3n) is 6.88. The van der Waals surface area contributed by atoms with E-state index in [4.69, 9.17) is 0 Å². The molecular formula is C26H13F12P. The molecule has 13 heteroatoms. The van der Waals surface area contributed by atoms with Gasteiger partial charge in [-0.3, -0.25) is 0 Å². The van der Waals surface area contributed by atoms with E-state index in [9.17, 15) is 30.7 Å². The summed E-state index contributed by atoms with van der Waals surface area (Å²) in [6.07, 6.45) is 1.63. The van der Waals surface area contributed by atoms with E-state index in [1.807, 2.05) is 0 Å². The number of fused-ring (bicyclic) bond motifs is 2. The van der Waals surface area contributed by atoms with Crippen molar-refractivity contribution in [3.05, 3.63) is 81.9 Å². The van der Waals surface area contributed by atoms with Crippen LogP contribution < -0.4 is 10.6 Å². The van der Waals surface area contributed by atoms with Gasteiger partial charge in [0.25, 0.3) is 0 Å². The zero-order valence-electron chi connectivity index (χ0n) is 19.3. The van der Waals surface area contributed by atoms with Crippen molar-refractivity contribution in [2.75, 3.05) is 0 Å². The summed E-state index contributed by atoms with van der Waals surface area (Å²) in [4.78, 5) is 0. The van der Waals surface area contributed by atoms with Gasteiger partial charge in [-0.05, 0) is 38.6 Å². The first-order valence-electron chi connectivity index (χ1n) is 11.5. The average Bonchev–Trinajstić information content (AvgIpc) is 2.92. The van der Waals surface area contributed by atoms with E-state index in [-0.39, 0.29) is 12.8 Å². The normalized spacial score (nSPS) is 15.5. The lowest BCUT2D eigenvalue weighted by Crippen LogP contribution is -2.32. The fraction of sp³-hybridized carbons (Fsp3) is 0.231. The minimum Gasteiger partial charge on any atom is -0.206 e. The second-order valence-corrected chi connectivity index (χ2v) is 11.4. The van der Waals surface area contributed by atoms with Crippen molar-refractivity contribution < 1.29 is 52.7 Å². The maximum atomic E-state index is 16.0. The second-order valence-electron chi connectivity index (χ2n) is 9.03. The number of benzene rings is 4. The van der Waals surface area contributed by atoms with Crippen LogP contribution >= 0.6 is 7.92 Å². The van der Waals surface area contributed by atoms with Gasteiger partial charge in [0.05, 0.1) is 32.2 Å². The number of rotatable bonds is 3. The van der Waals surface area contributed by atoms with Gasteiger partial charge >= 0.3 is 0 Å². The van der Waals surface area contributed by atoms with Crippen LogP contribution in [0.5, 0.6) is 0 Å². The summed E-state index contributed by atoms with van der Waals surface area (Å²) in [6.45, 7) is 0. The summed E-state index contributed by atoms with van der Waals surface area (Å²) in [7, 11) is -3.02. The molecule has 0 saturated heterocycles. The highest BCUT2D eigenvalue weighted by atomic mass is 31.1. The van der Waals surface area contributed by atoms with Crippen LogP contribution in [-0.4, -0.2) is 5.66 Å². The molecule has 0 N–H and O–H groups in total. The molecule has 0 radical (unpaired) electrons. The van der Waals surface area contributed by atoms with Gasteiger partial charge in [0.1, 0.15) is 23.3 Å². The van der Waals surface area contributed by atoms with Gasteiger partial charge in [-0.15, -0.1) is 0 Å². The summed E-state index contributed by atoms with van der Waals surface area (Å²) < 4.78 is 178. The Kier molecular flexibility index (Phi) is 6.97. The lowest BCUT2D eigenvalue weighted by atomic mass is 9.99. The molecule has 1 aliphatic carbocycles. The smallest absolute Gasteiger partial charge is 0.198 e. The van der Waals surface area contributed by atoms with Crippen molar-refractivity contribution in [2.45, 2.75) is 37.8 Å². The van der Waals surface area contributed by atoms with Gasteiger partial charge < -0.3 is 0 Å². The van der Waals surface area contributed by atoms with Crippen LogP contribution in [0.15, 0.2) is 12.1 Å². The number of hydrogen-bond acceptors (Lipinski definition) is 0. The van der Waals surface area contributed by atoms with E-state index in [0.717, 1.165) is 0 Å². The van der Waals surface area contributed by atoms with Gasteiger partial charge in [-0.25, -0.2) is 52.7 Å². The average molecular weight is 584 g/mol. The summed E-state index contributed by atoms with van der Waals surface area (Å²) in [6, 6.07) is 0.880. The Labute approximate surface area is 213 Å². The van der Waals surface area contributed by atoms with Crippen molar-refractivity contribution in [2.24, 2.45) is 0 Å². The highest BCUT2D eigenvalue weighted by Crippen LogP contribution is 2.50. The molecule has 39 heavy (non-hydrogen) atoms. The monoisotopic (exact) mass is 584 g/mol. The molecule has 4 aromatic rings. The first-order chi connectivity index (χ1) is 18.4. The third-order valence-corrected chi connectivity index (χ3v) is 9.90. The quantitative estimate of drug-likeness (QED) is 0.0746. The molecule has 4 aromatic carbocycles. The minimum absolute atomic E-state index is 0.0958. The van der Waals surface area contributed by atoms with Crippen LogP contribution in [0.1, 0.15) is 32.1 Å². The Bertz CT molecular complexity index is 1680. The SMILES string of the molecule is Fc1ccc(F)c(P(c2c(F)c(F)c3c(F)c4c(F)c(F)c(F)c(F)c4c(F)c3c2F)C2CCCCC2)c1F. The van der Waals surface area contributed by atoms with Crippen molar-refractivity contribution in [3.8, 4) is 0 Å². The maximum Gasteiger partial charge on any atom is 0.198 e. The van der Waals surface area contributed by atoms with Crippen LogP contribution in [0.25, 0.3) is 21.5 Å². The van der Waals surface area contributed by atoms with E-state index in [2.05, 4.69) is 0 Å². The number of halogens is 12. The standard InChI is InChI=1S/C26H13F12P/c27-9-6-7-10(28)25(15(9)29)39(8-4-2-1-3-5-8)26-21(35)14-13(20(34)24(26)38)16(30)11-12(17(14)31)19(33)23(37)22(36)18(11)32/h6-8H,1-5H2. The third kappa shape index (κ3) is 3.97. The summed E-state index contributed by atoms with van der Waals surface area (Å²) in [5.41, 5.74) is -0.977. The largest absolute Gasteiger partial charge is 0.206 e. The van der Waals surface area contributed by atoms with Crippen molar-refractivity contribution >= 4 is 40.1 Å². The molecule has 1 atom stereocenters. The maximum absolute atomic E-state index is 16.0. The molecule has 0 heterocycles. The molecule has 1 aliphatic rings. The van der Waals surface area contributed by atoms with E-state index in [1.54, 1.807) is 0 Å². The van der Waals surface area contributed by atoms with Gasteiger partial charge in [0.2, 0.25) is 0 Å². The predicted octanol–water partition coefficient (Wildman–Crippen LogP) is 8.43. The van der Waals surface area contributed by atoms with E-state index in [0.29, 0.717) is 31.4 Å². The van der Waals surface area contributed by atoms with Crippen molar-refractivity contribution in [1.82, 2.24) is 0 Å². The van der Waals surface area contributed by atoms with Gasteiger partial charge in [-0.1, -0.05) is 19.3 Å². The zero-order valence-corrected chi connectivity index (χ0v) is 20.1. The lowest BCUT2D eigenvalue weighted by Gasteiger charge is -2.32. The molecule has 1 fully saturated rings. The summed E-state index contributed by atoms with van der Waals surface area (Å²) >= 11 is 0. The summed E-state index contributed by atoms with van der Waals surface area (Å²) in [5, 5.41) is -10.2. The molecule has 1 unspecified atom stereocenters. The molecule has 0 spiro atoms. The van der Waals surface area contributed by atoms with Crippen LogP contribution in [0.2, 0.25) is 0 Å². The second kappa shape index (κ2) is 9.87. The Morgan fingerprint density at radius 2 is 0.846 bits per heavy atom. The molecule has 0 amide bonds. The molecule has 0 aromatic heterocycles. The van der Waals surface area contributed by atoms with Crippen LogP contribution in [-0.2, 0) is 0 Å². The molecule has 5 rings (SSSR count). The van der Waals surface area contributed by atoms with Crippen molar-refractivity contribution in [1.29, 1.82) is 0 Å². The molecule has 0 nitrogen and oxygen atoms in total. The summed E-state index contributed by atoms with van der Waals surface area (Å²) in [5.74, 6) is -26.4. The first-order valence-corrected chi connectivity index (χ1v) is 12.9. The predicted molar refractivity (Wildman–Crippen MR) is 120 cm³/mol. The fourth-order valence-corrected chi connectivity index (χ4v) is 8.21. The minimum atomic E-state index is -3.02. The Morgan fingerprint density at radius 3 is 1.36 bits per heavy atom. The molecule has 1 saturated carbocycles. The van der Waals surface area contributed by atoms with Crippen molar-refractivity contribution in [3.63, 3.8) is 0 Å². The van der Waals surface area contributed by atoms with Gasteiger partial charge in [-0.2, -0.15) is 0 Å². The fourth-order valence-electron chi connectivity index (χ4n) is 5.12. The Morgan fingerprint density at radius 1 is 0.410 bits per heavy atom. The van der Waals surface area contributed by atoms with Gasteiger partial charge in [0.15, 0.2) is 46.5 Å². The Hall–Kier alpha value is -3.01.